The van der Waals surface area contributed by atoms with E-state index in [1.54, 1.807) is 6.07 Å². The topological polar surface area (TPSA) is 26.0 Å². The van der Waals surface area contributed by atoms with Crippen molar-refractivity contribution in [3.8, 4) is 0 Å². The van der Waals surface area contributed by atoms with Crippen LogP contribution in [0.3, 0.4) is 0 Å². The van der Waals surface area contributed by atoms with Gasteiger partial charge < -0.3 is 5.73 Å². The Morgan fingerprint density at radius 3 is 2.85 bits per heavy atom. The molecule has 1 aliphatic carbocycles. The van der Waals surface area contributed by atoms with Gasteiger partial charge in [-0.3, -0.25) is 0 Å². The molecule has 0 bridgehead atoms. The van der Waals surface area contributed by atoms with E-state index in [-0.39, 0.29) is 11.9 Å². The standard InChI is InChI=1S/C11H14FN/c1-7-2-5-11(13)10-6-8(12)3-4-9(7)10/h3-4,6-7,11H,2,5,13H2,1H3. The first kappa shape index (κ1) is 8.70. The van der Waals surface area contributed by atoms with Crippen molar-refractivity contribution in [3.05, 3.63) is 35.1 Å². The van der Waals surface area contributed by atoms with Gasteiger partial charge in [0.1, 0.15) is 5.82 Å². The molecule has 0 radical (unpaired) electrons. The first-order chi connectivity index (χ1) is 6.18. The second-order valence-electron chi connectivity index (χ2n) is 3.86. The lowest BCUT2D eigenvalue weighted by Crippen LogP contribution is -2.19. The predicted octanol–water partition coefficient (Wildman–Crippen LogP) is 2.72. The van der Waals surface area contributed by atoms with Crippen molar-refractivity contribution in [1.82, 2.24) is 0 Å². The van der Waals surface area contributed by atoms with Crippen LogP contribution in [-0.4, -0.2) is 0 Å². The van der Waals surface area contributed by atoms with Crippen LogP contribution in [0.15, 0.2) is 18.2 Å². The average molecular weight is 179 g/mol. The van der Waals surface area contributed by atoms with Crippen LogP contribution in [0.2, 0.25) is 0 Å². The summed E-state index contributed by atoms with van der Waals surface area (Å²) in [6, 6.07) is 5.00. The molecule has 2 heteroatoms. The Morgan fingerprint density at radius 1 is 1.31 bits per heavy atom. The molecular formula is C11H14FN. The summed E-state index contributed by atoms with van der Waals surface area (Å²) in [6.45, 7) is 2.17. The molecule has 0 saturated carbocycles. The molecule has 1 aliphatic rings. The summed E-state index contributed by atoms with van der Waals surface area (Å²) in [6.07, 6.45) is 2.08. The predicted molar refractivity (Wildman–Crippen MR) is 51.0 cm³/mol. The summed E-state index contributed by atoms with van der Waals surface area (Å²) in [5.41, 5.74) is 8.13. The molecule has 13 heavy (non-hydrogen) atoms. The van der Waals surface area contributed by atoms with Gasteiger partial charge in [0.15, 0.2) is 0 Å². The lowest BCUT2D eigenvalue weighted by atomic mass is 9.81. The van der Waals surface area contributed by atoms with Gasteiger partial charge in [0.05, 0.1) is 0 Å². The van der Waals surface area contributed by atoms with E-state index < -0.39 is 0 Å². The molecule has 0 fully saturated rings. The zero-order valence-corrected chi connectivity index (χ0v) is 7.76. The van der Waals surface area contributed by atoms with Gasteiger partial charge in [0.25, 0.3) is 0 Å². The third-order valence-corrected chi connectivity index (χ3v) is 2.89. The average Bonchev–Trinajstić information content (AvgIpc) is 2.12. The molecule has 0 amide bonds. The lowest BCUT2D eigenvalue weighted by Gasteiger charge is -2.27. The number of hydrogen-bond acceptors (Lipinski definition) is 1. The Hall–Kier alpha value is -0.890. The van der Waals surface area contributed by atoms with Gasteiger partial charge in [0, 0.05) is 6.04 Å². The molecule has 2 rings (SSSR count). The Kier molecular flexibility index (Phi) is 2.08. The highest BCUT2D eigenvalue weighted by molar-refractivity contribution is 5.35. The van der Waals surface area contributed by atoms with Crippen molar-refractivity contribution >= 4 is 0 Å². The summed E-state index contributed by atoms with van der Waals surface area (Å²) in [7, 11) is 0. The van der Waals surface area contributed by atoms with E-state index in [1.165, 1.54) is 11.6 Å². The minimum absolute atomic E-state index is 0.0295. The van der Waals surface area contributed by atoms with Crippen molar-refractivity contribution in [2.75, 3.05) is 0 Å². The van der Waals surface area contributed by atoms with Gasteiger partial charge in [0.2, 0.25) is 0 Å². The summed E-state index contributed by atoms with van der Waals surface area (Å²) in [5, 5.41) is 0. The van der Waals surface area contributed by atoms with Crippen LogP contribution in [0.4, 0.5) is 4.39 Å². The summed E-state index contributed by atoms with van der Waals surface area (Å²) >= 11 is 0. The molecule has 0 spiro atoms. The Morgan fingerprint density at radius 2 is 2.08 bits per heavy atom. The molecule has 0 heterocycles. The molecule has 1 aromatic rings. The fourth-order valence-electron chi connectivity index (χ4n) is 2.06. The third-order valence-electron chi connectivity index (χ3n) is 2.89. The van der Waals surface area contributed by atoms with E-state index in [2.05, 4.69) is 6.92 Å². The maximum Gasteiger partial charge on any atom is 0.123 e. The van der Waals surface area contributed by atoms with Gasteiger partial charge in [-0.1, -0.05) is 13.0 Å². The lowest BCUT2D eigenvalue weighted by molar-refractivity contribution is 0.507. The largest absolute Gasteiger partial charge is 0.324 e. The second kappa shape index (κ2) is 3.11. The van der Waals surface area contributed by atoms with Crippen LogP contribution in [0.5, 0.6) is 0 Å². The zero-order chi connectivity index (χ0) is 9.42. The van der Waals surface area contributed by atoms with E-state index in [1.807, 2.05) is 6.07 Å². The van der Waals surface area contributed by atoms with Gasteiger partial charge in [-0.25, -0.2) is 4.39 Å². The van der Waals surface area contributed by atoms with Crippen LogP contribution in [0.1, 0.15) is 42.9 Å². The minimum Gasteiger partial charge on any atom is -0.324 e. The molecule has 0 aromatic heterocycles. The van der Waals surface area contributed by atoms with E-state index in [0.717, 1.165) is 18.4 Å². The number of rotatable bonds is 0. The molecule has 1 nitrogen and oxygen atoms in total. The number of benzene rings is 1. The van der Waals surface area contributed by atoms with E-state index in [9.17, 15) is 4.39 Å². The number of nitrogens with two attached hydrogens (primary N) is 1. The number of halogens is 1. The van der Waals surface area contributed by atoms with Gasteiger partial charge in [-0.2, -0.15) is 0 Å². The van der Waals surface area contributed by atoms with Crippen molar-refractivity contribution < 1.29 is 4.39 Å². The van der Waals surface area contributed by atoms with Crippen molar-refractivity contribution in [3.63, 3.8) is 0 Å². The highest BCUT2D eigenvalue weighted by Crippen LogP contribution is 2.35. The summed E-state index contributed by atoms with van der Waals surface area (Å²) < 4.78 is 12.9. The van der Waals surface area contributed by atoms with Crippen LogP contribution in [0.25, 0.3) is 0 Å². The first-order valence-corrected chi connectivity index (χ1v) is 4.73. The van der Waals surface area contributed by atoms with Gasteiger partial charge in [-0.05, 0) is 42.0 Å². The van der Waals surface area contributed by atoms with Gasteiger partial charge >= 0.3 is 0 Å². The molecule has 70 valence electrons. The Labute approximate surface area is 77.8 Å². The van der Waals surface area contributed by atoms with Crippen LogP contribution in [0, 0.1) is 5.82 Å². The van der Waals surface area contributed by atoms with E-state index in [0.29, 0.717) is 5.92 Å². The molecule has 2 unspecified atom stereocenters. The SMILES string of the molecule is CC1CCC(N)c2cc(F)ccc21. The minimum atomic E-state index is -0.177. The maximum atomic E-state index is 12.9. The van der Waals surface area contributed by atoms with Crippen LogP contribution in [-0.2, 0) is 0 Å². The van der Waals surface area contributed by atoms with Crippen molar-refractivity contribution in [2.24, 2.45) is 5.73 Å². The quantitative estimate of drug-likeness (QED) is 0.651. The van der Waals surface area contributed by atoms with E-state index in [4.69, 9.17) is 5.73 Å². The molecular weight excluding hydrogens is 165 g/mol. The van der Waals surface area contributed by atoms with Crippen molar-refractivity contribution in [1.29, 1.82) is 0 Å². The number of fused-ring (bicyclic) bond motifs is 1. The molecule has 2 N–H and O–H groups in total. The van der Waals surface area contributed by atoms with Gasteiger partial charge in [-0.15, -0.1) is 0 Å². The number of hydrogen-bond donors (Lipinski definition) is 1. The highest BCUT2D eigenvalue weighted by Gasteiger charge is 2.22. The summed E-state index contributed by atoms with van der Waals surface area (Å²) in [5.74, 6) is 0.346. The molecule has 0 aliphatic heterocycles. The monoisotopic (exact) mass is 179 g/mol. The van der Waals surface area contributed by atoms with E-state index >= 15 is 0 Å². The normalized spacial score (nSPS) is 27.0. The smallest absolute Gasteiger partial charge is 0.123 e. The third kappa shape index (κ3) is 1.46. The molecule has 1 aromatic carbocycles. The zero-order valence-electron chi connectivity index (χ0n) is 7.76. The Bertz CT molecular complexity index is 322. The van der Waals surface area contributed by atoms with Crippen molar-refractivity contribution in [2.45, 2.75) is 31.7 Å². The molecule has 2 atom stereocenters. The van der Waals surface area contributed by atoms with Crippen LogP contribution >= 0.6 is 0 Å². The molecule has 0 saturated heterocycles. The summed E-state index contributed by atoms with van der Waals surface area (Å²) in [4.78, 5) is 0. The first-order valence-electron chi connectivity index (χ1n) is 4.73. The fraction of sp³-hybridized carbons (Fsp3) is 0.455. The Balaban J connectivity index is 2.50. The van der Waals surface area contributed by atoms with Crippen LogP contribution < -0.4 is 5.73 Å². The highest BCUT2D eigenvalue weighted by atomic mass is 19.1. The fourth-order valence-corrected chi connectivity index (χ4v) is 2.06. The second-order valence-corrected chi connectivity index (χ2v) is 3.86. The maximum absolute atomic E-state index is 12.9.